The molecule has 0 heterocycles. The number of hydrogen-bond acceptors (Lipinski definition) is 5. The molecule has 4 aromatic carbocycles. The van der Waals surface area contributed by atoms with E-state index < -0.39 is 0 Å². The first-order chi connectivity index (χ1) is 17.2. The summed E-state index contributed by atoms with van der Waals surface area (Å²) in [5.74, 6) is 1.59. The smallest absolute Gasteiger partial charge is 0.271 e. The summed E-state index contributed by atoms with van der Waals surface area (Å²) in [6.45, 7) is 0.825. The summed E-state index contributed by atoms with van der Waals surface area (Å²) in [6.07, 6.45) is 1.57. The van der Waals surface area contributed by atoms with Gasteiger partial charge in [0.1, 0.15) is 19.0 Å². The van der Waals surface area contributed by atoms with Crippen LogP contribution in [0.4, 0.5) is 0 Å². The van der Waals surface area contributed by atoms with Crippen LogP contribution >= 0.6 is 0 Å². The van der Waals surface area contributed by atoms with Crippen molar-refractivity contribution < 1.29 is 19.0 Å². The second kappa shape index (κ2) is 12.0. The minimum Gasteiger partial charge on any atom is -0.497 e. The molecule has 0 aliphatic rings. The van der Waals surface area contributed by atoms with Crippen LogP contribution in [0.2, 0.25) is 0 Å². The SMILES string of the molecule is COc1ccc(C(=O)N/N=C/c2ccc(OCc3ccccc3)c(OCc3ccccc3)c2)cc1. The number of ether oxygens (including phenoxy) is 3. The molecule has 1 N–H and O–H groups in total. The van der Waals surface area contributed by atoms with E-state index in [2.05, 4.69) is 10.5 Å². The lowest BCUT2D eigenvalue weighted by molar-refractivity contribution is 0.0955. The van der Waals surface area contributed by atoms with Crippen LogP contribution in [0.25, 0.3) is 0 Å². The van der Waals surface area contributed by atoms with Gasteiger partial charge >= 0.3 is 0 Å². The number of carbonyl (C=O) groups is 1. The molecule has 0 fully saturated rings. The first-order valence-electron chi connectivity index (χ1n) is 11.2. The number of amides is 1. The van der Waals surface area contributed by atoms with Gasteiger partial charge in [0.05, 0.1) is 13.3 Å². The summed E-state index contributed by atoms with van der Waals surface area (Å²) < 4.78 is 17.2. The Labute approximate surface area is 204 Å². The Morgan fingerprint density at radius 3 is 1.97 bits per heavy atom. The maximum absolute atomic E-state index is 12.3. The molecule has 6 heteroatoms. The maximum Gasteiger partial charge on any atom is 0.271 e. The molecule has 0 bridgehead atoms. The van der Waals surface area contributed by atoms with E-state index in [0.29, 0.717) is 36.0 Å². The standard InChI is InChI=1S/C29H26N2O4/c1-33-26-15-13-25(14-16-26)29(32)31-30-19-24-12-17-27(34-20-22-8-4-2-5-9-22)28(18-24)35-21-23-10-6-3-7-11-23/h2-19H,20-21H2,1H3,(H,31,32)/b30-19+. The molecule has 4 aromatic rings. The lowest BCUT2D eigenvalue weighted by atomic mass is 10.2. The molecule has 0 aliphatic carbocycles. The van der Waals surface area contributed by atoms with Crippen LogP contribution in [0, 0.1) is 0 Å². The van der Waals surface area contributed by atoms with E-state index >= 15 is 0 Å². The quantitative estimate of drug-likeness (QED) is 0.243. The Morgan fingerprint density at radius 1 is 0.771 bits per heavy atom. The van der Waals surface area contributed by atoms with E-state index in [-0.39, 0.29) is 5.91 Å². The predicted molar refractivity (Wildman–Crippen MR) is 136 cm³/mol. The number of hydrogen-bond donors (Lipinski definition) is 1. The van der Waals surface area contributed by atoms with Crippen molar-refractivity contribution in [1.82, 2.24) is 5.43 Å². The van der Waals surface area contributed by atoms with Gasteiger partial charge in [0.2, 0.25) is 0 Å². The van der Waals surface area contributed by atoms with Gasteiger partial charge in [-0.1, -0.05) is 60.7 Å². The third-order valence-corrected chi connectivity index (χ3v) is 5.17. The van der Waals surface area contributed by atoms with Crippen LogP contribution in [-0.2, 0) is 13.2 Å². The zero-order chi connectivity index (χ0) is 24.3. The molecule has 0 spiro atoms. The van der Waals surface area contributed by atoms with Gasteiger partial charge in [-0.25, -0.2) is 5.43 Å². The number of carbonyl (C=O) groups excluding carboxylic acids is 1. The molecular weight excluding hydrogens is 440 g/mol. The predicted octanol–water partition coefficient (Wildman–Crippen LogP) is 5.62. The van der Waals surface area contributed by atoms with Gasteiger partial charge in [0, 0.05) is 5.56 Å². The highest BCUT2D eigenvalue weighted by molar-refractivity contribution is 5.95. The Hall–Kier alpha value is -4.58. The fraction of sp³-hybridized carbons (Fsp3) is 0.103. The minimum atomic E-state index is -0.313. The summed E-state index contributed by atoms with van der Waals surface area (Å²) in [5.41, 5.74) is 5.90. The highest BCUT2D eigenvalue weighted by Gasteiger charge is 2.09. The third-order valence-electron chi connectivity index (χ3n) is 5.17. The zero-order valence-corrected chi connectivity index (χ0v) is 19.4. The minimum absolute atomic E-state index is 0.313. The zero-order valence-electron chi connectivity index (χ0n) is 19.4. The summed E-state index contributed by atoms with van der Waals surface area (Å²) in [4.78, 5) is 12.3. The molecule has 0 aromatic heterocycles. The van der Waals surface area contributed by atoms with Gasteiger partial charge in [0.15, 0.2) is 11.5 Å². The van der Waals surface area contributed by atoms with E-state index in [0.717, 1.165) is 16.7 Å². The van der Waals surface area contributed by atoms with Crippen molar-refractivity contribution in [3.8, 4) is 17.2 Å². The van der Waals surface area contributed by atoms with Crippen LogP contribution in [0.1, 0.15) is 27.0 Å². The van der Waals surface area contributed by atoms with E-state index in [4.69, 9.17) is 14.2 Å². The van der Waals surface area contributed by atoms with E-state index in [1.165, 1.54) is 0 Å². The summed E-state index contributed by atoms with van der Waals surface area (Å²) in [6, 6.07) is 32.2. The van der Waals surface area contributed by atoms with Crippen molar-refractivity contribution >= 4 is 12.1 Å². The van der Waals surface area contributed by atoms with Crippen molar-refractivity contribution in [2.75, 3.05) is 7.11 Å². The highest BCUT2D eigenvalue weighted by Crippen LogP contribution is 2.29. The van der Waals surface area contributed by atoms with Crippen LogP contribution in [0.5, 0.6) is 17.2 Å². The Kier molecular flexibility index (Phi) is 8.11. The molecule has 4 rings (SSSR count). The summed E-state index contributed by atoms with van der Waals surface area (Å²) in [7, 11) is 1.58. The first-order valence-corrected chi connectivity index (χ1v) is 11.2. The normalized spacial score (nSPS) is 10.7. The summed E-state index contributed by atoms with van der Waals surface area (Å²) in [5, 5.41) is 4.09. The van der Waals surface area contributed by atoms with Crippen molar-refractivity contribution in [3.05, 3.63) is 125 Å². The first kappa shape index (κ1) is 23.6. The molecule has 0 atom stereocenters. The lowest BCUT2D eigenvalue weighted by Crippen LogP contribution is -2.17. The molecule has 0 unspecified atom stereocenters. The molecule has 35 heavy (non-hydrogen) atoms. The van der Waals surface area contributed by atoms with Gasteiger partial charge in [0.25, 0.3) is 5.91 Å². The van der Waals surface area contributed by atoms with E-state index in [9.17, 15) is 4.79 Å². The molecule has 0 saturated carbocycles. The van der Waals surface area contributed by atoms with Gasteiger partial charge in [-0.05, 0) is 59.2 Å². The maximum atomic E-state index is 12.3. The fourth-order valence-electron chi connectivity index (χ4n) is 3.28. The number of nitrogens with zero attached hydrogens (tertiary/aromatic N) is 1. The van der Waals surface area contributed by atoms with Gasteiger partial charge in [-0.15, -0.1) is 0 Å². The van der Waals surface area contributed by atoms with Crippen LogP contribution < -0.4 is 19.6 Å². The molecule has 1 amide bonds. The Bertz CT molecular complexity index is 1260. The monoisotopic (exact) mass is 466 g/mol. The molecule has 0 saturated heterocycles. The van der Waals surface area contributed by atoms with Crippen molar-refractivity contribution in [2.45, 2.75) is 13.2 Å². The number of methoxy groups -OCH3 is 1. The highest BCUT2D eigenvalue weighted by atomic mass is 16.5. The second-order valence-corrected chi connectivity index (χ2v) is 7.68. The van der Waals surface area contributed by atoms with Crippen molar-refractivity contribution in [3.63, 3.8) is 0 Å². The molecule has 0 radical (unpaired) electrons. The average molecular weight is 467 g/mol. The molecule has 176 valence electrons. The topological polar surface area (TPSA) is 69.2 Å². The van der Waals surface area contributed by atoms with E-state index in [1.807, 2.05) is 78.9 Å². The van der Waals surface area contributed by atoms with Gasteiger partial charge < -0.3 is 14.2 Å². The molecule has 0 aliphatic heterocycles. The number of hydrazone groups is 1. The van der Waals surface area contributed by atoms with Crippen LogP contribution in [-0.4, -0.2) is 19.2 Å². The van der Waals surface area contributed by atoms with Gasteiger partial charge in [-0.2, -0.15) is 5.10 Å². The Morgan fingerprint density at radius 2 is 1.37 bits per heavy atom. The lowest BCUT2D eigenvalue weighted by Gasteiger charge is -2.14. The number of benzene rings is 4. The Balaban J connectivity index is 1.45. The van der Waals surface area contributed by atoms with Crippen LogP contribution in [0.15, 0.2) is 108 Å². The average Bonchev–Trinajstić information content (AvgIpc) is 2.92. The van der Waals surface area contributed by atoms with Gasteiger partial charge in [-0.3, -0.25) is 4.79 Å². The largest absolute Gasteiger partial charge is 0.497 e. The van der Waals surface area contributed by atoms with Crippen molar-refractivity contribution in [1.29, 1.82) is 0 Å². The second-order valence-electron chi connectivity index (χ2n) is 7.68. The van der Waals surface area contributed by atoms with Crippen molar-refractivity contribution in [2.24, 2.45) is 5.10 Å². The molecular formula is C29H26N2O4. The molecule has 6 nitrogen and oxygen atoms in total. The van der Waals surface area contributed by atoms with Crippen LogP contribution in [0.3, 0.4) is 0 Å². The number of nitrogens with one attached hydrogen (secondary N) is 1. The van der Waals surface area contributed by atoms with E-state index in [1.54, 1.807) is 37.6 Å². The summed E-state index contributed by atoms with van der Waals surface area (Å²) >= 11 is 0. The fourth-order valence-corrected chi connectivity index (χ4v) is 3.28. The number of rotatable bonds is 10. The third kappa shape index (κ3) is 6.95.